The molecule has 1 aliphatic carbocycles. The predicted octanol–water partition coefficient (Wildman–Crippen LogP) is 4.47. The number of hydrogen-bond acceptors (Lipinski definition) is 6. The highest BCUT2D eigenvalue weighted by atomic mass is 35.5. The van der Waals surface area contributed by atoms with Crippen LogP contribution in [0.5, 0.6) is 0 Å². The van der Waals surface area contributed by atoms with Crippen LogP contribution in [0.2, 0.25) is 5.15 Å². The first-order valence-electron chi connectivity index (χ1n) is 11.3. The van der Waals surface area contributed by atoms with Gasteiger partial charge < -0.3 is 4.74 Å². The highest BCUT2D eigenvalue weighted by molar-refractivity contribution is 6.30. The monoisotopic (exact) mass is 474 g/mol. The first kappa shape index (κ1) is 21.2. The Morgan fingerprint density at radius 2 is 1.94 bits per heavy atom. The van der Waals surface area contributed by atoms with Gasteiger partial charge in [-0.3, -0.25) is 14.4 Å². The summed E-state index contributed by atoms with van der Waals surface area (Å²) in [5.41, 5.74) is 5.04. The van der Waals surface area contributed by atoms with E-state index in [1.54, 1.807) is 22.0 Å². The van der Waals surface area contributed by atoms with Gasteiger partial charge in [0.05, 0.1) is 36.5 Å². The second-order valence-electron chi connectivity index (χ2n) is 8.97. The SMILES string of the molecule is Cc1cc(N(Cc2ccc3c4c(c(Cl)nc3c2)COC4)C(=O)c2cnc(C3CC3)nc2)n(C)n1. The fourth-order valence-electron chi connectivity index (χ4n) is 4.50. The van der Waals surface area contributed by atoms with Gasteiger partial charge in [-0.2, -0.15) is 5.10 Å². The second-order valence-corrected chi connectivity index (χ2v) is 9.33. The van der Waals surface area contributed by atoms with Crippen molar-refractivity contribution in [2.45, 2.75) is 45.4 Å². The van der Waals surface area contributed by atoms with Gasteiger partial charge >= 0.3 is 0 Å². The Labute approximate surface area is 201 Å². The van der Waals surface area contributed by atoms with Crippen molar-refractivity contribution >= 4 is 34.2 Å². The molecule has 6 rings (SSSR count). The van der Waals surface area contributed by atoms with Crippen LogP contribution >= 0.6 is 11.6 Å². The van der Waals surface area contributed by atoms with Crippen LogP contribution in [0.4, 0.5) is 5.82 Å². The van der Waals surface area contributed by atoms with Crippen molar-refractivity contribution in [1.82, 2.24) is 24.7 Å². The molecule has 8 nitrogen and oxygen atoms in total. The van der Waals surface area contributed by atoms with Crippen LogP contribution < -0.4 is 4.90 Å². The Bertz CT molecular complexity index is 1430. The maximum atomic E-state index is 13.6. The summed E-state index contributed by atoms with van der Waals surface area (Å²) in [6.45, 7) is 3.26. The number of carbonyl (C=O) groups excluding carboxylic acids is 1. The minimum atomic E-state index is -0.182. The van der Waals surface area contributed by atoms with Crippen molar-refractivity contribution in [3.05, 3.63) is 75.6 Å². The molecule has 34 heavy (non-hydrogen) atoms. The van der Waals surface area contributed by atoms with Gasteiger partial charge in [-0.25, -0.2) is 15.0 Å². The number of fused-ring (bicyclic) bond motifs is 3. The zero-order valence-electron chi connectivity index (χ0n) is 19.0. The number of pyridine rings is 1. The third kappa shape index (κ3) is 3.73. The van der Waals surface area contributed by atoms with Gasteiger partial charge in [0.1, 0.15) is 16.8 Å². The lowest BCUT2D eigenvalue weighted by molar-refractivity contribution is 0.0982. The lowest BCUT2D eigenvalue weighted by Crippen LogP contribution is -2.32. The maximum absolute atomic E-state index is 13.6. The van der Waals surface area contributed by atoms with Crippen molar-refractivity contribution in [2.75, 3.05) is 4.90 Å². The van der Waals surface area contributed by atoms with Gasteiger partial charge in [0.15, 0.2) is 0 Å². The molecule has 4 aromatic rings. The van der Waals surface area contributed by atoms with Crippen molar-refractivity contribution < 1.29 is 9.53 Å². The number of aryl methyl sites for hydroxylation is 2. The fourth-order valence-corrected chi connectivity index (χ4v) is 4.76. The lowest BCUT2D eigenvalue weighted by Gasteiger charge is -2.23. The van der Waals surface area contributed by atoms with Crippen molar-refractivity contribution in [3.63, 3.8) is 0 Å². The van der Waals surface area contributed by atoms with E-state index in [-0.39, 0.29) is 5.91 Å². The van der Waals surface area contributed by atoms with E-state index >= 15 is 0 Å². The zero-order valence-corrected chi connectivity index (χ0v) is 19.7. The molecular weight excluding hydrogens is 452 g/mol. The van der Waals surface area contributed by atoms with Gasteiger partial charge in [0.25, 0.3) is 5.91 Å². The van der Waals surface area contributed by atoms with Crippen LogP contribution in [0.3, 0.4) is 0 Å². The van der Waals surface area contributed by atoms with Gasteiger partial charge in [-0.1, -0.05) is 23.7 Å². The molecule has 1 amide bonds. The number of nitrogens with zero attached hydrogens (tertiary/aromatic N) is 6. The Morgan fingerprint density at radius 3 is 2.65 bits per heavy atom. The minimum absolute atomic E-state index is 0.182. The van der Waals surface area contributed by atoms with E-state index in [1.165, 1.54) is 0 Å². The summed E-state index contributed by atoms with van der Waals surface area (Å²) < 4.78 is 7.30. The first-order valence-corrected chi connectivity index (χ1v) is 11.7. The standard InChI is InChI=1S/C25H23ClN6O2/c1-14-7-22(31(2)30-14)32(25(33)17-9-27-24(28-10-17)16-4-5-16)11-15-3-6-18-19-12-34-13-20(19)23(26)29-21(18)8-15/h3,6-10,16H,4-5,11-13H2,1-2H3. The molecule has 0 atom stereocenters. The van der Waals surface area contributed by atoms with E-state index < -0.39 is 0 Å². The highest BCUT2D eigenvalue weighted by Gasteiger charge is 2.28. The molecule has 1 aromatic carbocycles. The number of amides is 1. The number of ether oxygens (including phenoxy) is 1. The van der Waals surface area contributed by atoms with E-state index in [1.807, 2.05) is 38.2 Å². The molecule has 172 valence electrons. The molecule has 9 heteroatoms. The van der Waals surface area contributed by atoms with Crippen molar-refractivity contribution in [2.24, 2.45) is 7.05 Å². The minimum Gasteiger partial charge on any atom is -0.372 e. The lowest BCUT2D eigenvalue weighted by atomic mass is 10.0. The van der Waals surface area contributed by atoms with Gasteiger partial charge in [-0.05, 0) is 37.0 Å². The number of benzene rings is 1. The first-order chi connectivity index (χ1) is 16.5. The summed E-state index contributed by atoms with van der Waals surface area (Å²) in [4.78, 5) is 28.8. The summed E-state index contributed by atoms with van der Waals surface area (Å²) in [6.07, 6.45) is 5.49. The van der Waals surface area contributed by atoms with Crippen molar-refractivity contribution in [1.29, 1.82) is 0 Å². The average Bonchev–Trinajstić information content (AvgIpc) is 3.46. The molecule has 1 aliphatic heterocycles. The summed E-state index contributed by atoms with van der Waals surface area (Å²) in [5, 5.41) is 5.94. The summed E-state index contributed by atoms with van der Waals surface area (Å²) >= 11 is 6.41. The predicted molar refractivity (Wildman–Crippen MR) is 128 cm³/mol. The second kappa shape index (κ2) is 8.14. The fraction of sp³-hybridized carbons (Fsp3) is 0.320. The molecule has 1 fully saturated rings. The molecular formula is C25H23ClN6O2. The van der Waals surface area contributed by atoms with Gasteiger partial charge in [0, 0.05) is 42.4 Å². The van der Waals surface area contributed by atoms with Crippen molar-refractivity contribution in [3.8, 4) is 0 Å². The third-order valence-electron chi connectivity index (χ3n) is 6.41. The van der Waals surface area contributed by atoms with Crippen LogP contribution in [-0.2, 0) is 31.5 Å². The Kier molecular flexibility index (Phi) is 5.08. The number of aromatic nitrogens is 5. The Morgan fingerprint density at radius 1 is 1.18 bits per heavy atom. The zero-order chi connectivity index (χ0) is 23.4. The van der Waals surface area contributed by atoms with E-state index in [9.17, 15) is 4.79 Å². The number of anilines is 1. The maximum Gasteiger partial charge on any atom is 0.262 e. The quantitative estimate of drug-likeness (QED) is 0.396. The molecule has 0 bridgehead atoms. The van der Waals surface area contributed by atoms with E-state index in [0.717, 1.165) is 52.0 Å². The van der Waals surface area contributed by atoms with Crippen LogP contribution in [0, 0.1) is 6.92 Å². The molecule has 0 N–H and O–H groups in total. The number of rotatable bonds is 5. The molecule has 0 unspecified atom stereocenters. The summed E-state index contributed by atoms with van der Waals surface area (Å²) in [7, 11) is 1.83. The number of hydrogen-bond donors (Lipinski definition) is 0. The third-order valence-corrected chi connectivity index (χ3v) is 6.73. The summed E-state index contributed by atoms with van der Waals surface area (Å²) in [6, 6.07) is 7.94. The molecule has 0 spiro atoms. The largest absolute Gasteiger partial charge is 0.372 e. The summed E-state index contributed by atoms with van der Waals surface area (Å²) in [5.74, 6) is 1.76. The average molecular weight is 475 g/mol. The van der Waals surface area contributed by atoms with Crippen LogP contribution in [-0.4, -0.2) is 30.6 Å². The normalized spacial score (nSPS) is 15.0. The van der Waals surface area contributed by atoms with E-state index in [4.69, 9.17) is 16.3 Å². The molecule has 2 aliphatic rings. The number of halogens is 1. The Balaban J connectivity index is 1.37. The molecule has 1 saturated carbocycles. The molecule has 0 saturated heterocycles. The molecule has 3 aromatic heterocycles. The highest BCUT2D eigenvalue weighted by Crippen LogP contribution is 2.37. The van der Waals surface area contributed by atoms with E-state index in [2.05, 4.69) is 20.1 Å². The Hall–Kier alpha value is -3.36. The van der Waals surface area contributed by atoms with Gasteiger partial charge in [0.2, 0.25) is 0 Å². The van der Waals surface area contributed by atoms with Crippen LogP contribution in [0.15, 0.2) is 36.7 Å². The van der Waals surface area contributed by atoms with Crippen LogP contribution in [0.25, 0.3) is 10.9 Å². The van der Waals surface area contributed by atoms with E-state index in [0.29, 0.717) is 42.2 Å². The smallest absolute Gasteiger partial charge is 0.262 e. The molecule has 0 radical (unpaired) electrons. The molecule has 4 heterocycles. The van der Waals surface area contributed by atoms with Crippen LogP contribution in [0.1, 0.15) is 57.3 Å². The topological polar surface area (TPSA) is 86.0 Å². The number of carbonyl (C=O) groups is 1. The van der Waals surface area contributed by atoms with Gasteiger partial charge in [-0.15, -0.1) is 0 Å².